The zero-order valence-corrected chi connectivity index (χ0v) is 27.6. The van der Waals surface area contributed by atoms with E-state index in [1.54, 1.807) is 35.4 Å². The molecule has 1 aromatic heterocycles. The number of methoxy groups -OCH3 is 1. The molecule has 0 saturated carbocycles. The van der Waals surface area contributed by atoms with E-state index in [0.717, 1.165) is 40.8 Å². The molecule has 2 amide bonds. The molecule has 4 rings (SSSR count). The van der Waals surface area contributed by atoms with Crippen LogP contribution in [-0.2, 0) is 17.8 Å². The fraction of sp³-hybridized carbons (Fsp3) is 0.333. The number of nitrogens with two attached hydrogens (primary N) is 2. The lowest BCUT2D eigenvalue weighted by molar-refractivity contribution is -0.135. The lowest BCUT2D eigenvalue weighted by Crippen LogP contribution is -2.46. The maximum atomic E-state index is 14.0. The number of hydrogen-bond acceptors (Lipinski definition) is 7. The van der Waals surface area contributed by atoms with Crippen LogP contribution >= 0.6 is 0 Å². The molecule has 0 bridgehead atoms. The molecule has 7 N–H and O–H groups in total. The number of hydrogen-bond donors (Lipinski definition) is 5. The molecule has 4 aromatic rings. The van der Waals surface area contributed by atoms with Crippen LogP contribution in [0.1, 0.15) is 81.5 Å². The molecule has 2 unspecified atom stereocenters. The highest BCUT2D eigenvalue weighted by Crippen LogP contribution is 2.28. The van der Waals surface area contributed by atoms with Crippen LogP contribution in [0.4, 0.5) is 0 Å². The number of amides is 2. The summed E-state index contributed by atoms with van der Waals surface area (Å²) in [5, 5.41) is 17.8. The summed E-state index contributed by atoms with van der Waals surface area (Å²) >= 11 is 0. The average Bonchev–Trinajstić information content (AvgIpc) is 3.56. The van der Waals surface area contributed by atoms with E-state index in [1.165, 1.54) is 13.2 Å². The van der Waals surface area contributed by atoms with E-state index in [4.69, 9.17) is 26.3 Å². The molecule has 0 aliphatic carbocycles. The van der Waals surface area contributed by atoms with Gasteiger partial charge in [0.15, 0.2) is 0 Å². The van der Waals surface area contributed by atoms with Crippen molar-refractivity contribution in [3.63, 3.8) is 0 Å². The molecule has 0 radical (unpaired) electrons. The number of carboxylic acids is 1. The maximum absolute atomic E-state index is 14.0. The number of ether oxygens (including phenoxy) is 1. The minimum absolute atomic E-state index is 0.00972. The van der Waals surface area contributed by atoms with E-state index >= 15 is 0 Å². The van der Waals surface area contributed by atoms with Gasteiger partial charge in [0, 0.05) is 30.5 Å². The largest absolute Gasteiger partial charge is 0.496 e. The van der Waals surface area contributed by atoms with Crippen LogP contribution < -0.4 is 16.2 Å². The van der Waals surface area contributed by atoms with Gasteiger partial charge in [-0.25, -0.2) is 9.78 Å². The Bertz CT molecular complexity index is 1640. The number of rotatable bonds is 13. The number of imidazole rings is 1. The van der Waals surface area contributed by atoms with E-state index in [0.29, 0.717) is 23.6 Å². The number of carbonyl (C=O) groups excluding carboxylic acids is 2. The second-order valence-corrected chi connectivity index (χ2v) is 11.4. The second-order valence-electron chi connectivity index (χ2n) is 11.4. The molecule has 250 valence electrons. The monoisotopic (exact) mass is 643 g/mol. The van der Waals surface area contributed by atoms with Gasteiger partial charge in [-0.05, 0) is 80.1 Å². The Balaban J connectivity index is 0.00000111. The van der Waals surface area contributed by atoms with Crippen molar-refractivity contribution in [1.29, 1.82) is 0 Å². The Morgan fingerprint density at radius 1 is 1.04 bits per heavy atom. The van der Waals surface area contributed by atoms with Gasteiger partial charge < -0.3 is 36.3 Å². The molecule has 1 heterocycles. The highest BCUT2D eigenvalue weighted by molar-refractivity contribution is 5.93. The molecule has 11 heteroatoms. The fourth-order valence-corrected chi connectivity index (χ4v) is 5.21. The van der Waals surface area contributed by atoms with Crippen molar-refractivity contribution in [1.82, 2.24) is 14.9 Å². The first kappa shape index (κ1) is 36.5. The number of aliphatic hydroxyl groups excluding tert-OH is 1. The van der Waals surface area contributed by atoms with Crippen molar-refractivity contribution in [2.45, 2.75) is 65.6 Å². The predicted octanol–water partition coefficient (Wildman–Crippen LogP) is 4.94. The Labute approximate surface area is 275 Å². The fourth-order valence-electron chi connectivity index (χ4n) is 5.21. The zero-order chi connectivity index (χ0) is 34.7. The van der Waals surface area contributed by atoms with E-state index in [1.807, 2.05) is 51.1 Å². The van der Waals surface area contributed by atoms with E-state index < -0.39 is 24.0 Å². The number of carbonyl (C=O) groups is 3. The highest BCUT2D eigenvalue weighted by atomic mass is 16.5. The van der Waals surface area contributed by atoms with Crippen LogP contribution in [0.3, 0.4) is 0 Å². The van der Waals surface area contributed by atoms with Gasteiger partial charge in [-0.15, -0.1) is 0 Å². The summed E-state index contributed by atoms with van der Waals surface area (Å²) in [7, 11) is 1.40. The minimum atomic E-state index is -1.14. The lowest BCUT2D eigenvalue weighted by atomic mass is 9.93. The first-order valence-electron chi connectivity index (χ1n) is 15.5. The summed E-state index contributed by atoms with van der Waals surface area (Å²) in [5.74, 6) is -1.23. The SMILES string of the molecule is CCCCO.COc1ccc(CN(C(=O)C(N)Cc2c(C)cc(C(N)=O)cc2C)C(C)c2nc(-c3ccccc3)c[nH]2)cc1C(=O)O. The number of aromatic amines is 1. The van der Waals surface area contributed by atoms with Crippen LogP contribution in [-0.4, -0.2) is 62.6 Å². The minimum Gasteiger partial charge on any atom is -0.496 e. The number of aromatic nitrogens is 2. The maximum Gasteiger partial charge on any atom is 0.339 e. The summed E-state index contributed by atoms with van der Waals surface area (Å²) in [6.07, 6.45) is 4.05. The molecule has 0 fully saturated rings. The second kappa shape index (κ2) is 17.1. The zero-order valence-electron chi connectivity index (χ0n) is 27.6. The highest BCUT2D eigenvalue weighted by Gasteiger charge is 2.29. The van der Waals surface area contributed by atoms with E-state index in [9.17, 15) is 19.5 Å². The van der Waals surface area contributed by atoms with Gasteiger partial charge in [0.25, 0.3) is 0 Å². The van der Waals surface area contributed by atoms with Crippen molar-refractivity contribution < 1.29 is 29.3 Å². The van der Waals surface area contributed by atoms with Gasteiger partial charge in [0.05, 0.1) is 24.9 Å². The van der Waals surface area contributed by atoms with Gasteiger partial charge in [0.1, 0.15) is 17.1 Å². The molecule has 0 saturated heterocycles. The number of unbranched alkanes of at least 4 members (excludes halogenated alkanes) is 1. The number of primary amides is 1. The molecular formula is C36H45N5O6. The summed E-state index contributed by atoms with van der Waals surface area (Å²) in [6.45, 7) is 8.03. The molecular weight excluding hydrogens is 598 g/mol. The van der Waals surface area contributed by atoms with Gasteiger partial charge in [0.2, 0.25) is 11.8 Å². The van der Waals surface area contributed by atoms with Crippen LogP contribution in [0, 0.1) is 13.8 Å². The van der Waals surface area contributed by atoms with E-state index in [2.05, 4.69) is 11.9 Å². The van der Waals surface area contributed by atoms with Crippen molar-refractivity contribution in [3.8, 4) is 17.0 Å². The number of aliphatic hydroxyl groups is 1. The Hall–Kier alpha value is -5.00. The van der Waals surface area contributed by atoms with Crippen molar-refractivity contribution in [3.05, 3.63) is 106 Å². The smallest absolute Gasteiger partial charge is 0.339 e. The number of nitrogens with zero attached hydrogens (tertiary/aromatic N) is 2. The number of carboxylic acid groups (broad SMARTS) is 1. The standard InChI is InChI=1S/C32H35N5O5.C4H10O/c1-18-12-23(29(34)38)13-19(2)24(18)15-26(33)31(39)37(17-21-10-11-28(42-4)25(14-21)32(40)41)20(3)30-35-16-27(36-30)22-8-6-5-7-9-22;1-2-3-4-5/h5-14,16,20,26H,15,17,33H2,1-4H3,(H2,34,38)(H,35,36)(H,40,41);5H,2-4H2,1H3. The number of nitrogens with one attached hydrogen (secondary N) is 1. The normalized spacial score (nSPS) is 12.0. The molecule has 2 atom stereocenters. The third kappa shape index (κ3) is 9.50. The van der Waals surface area contributed by atoms with Gasteiger partial charge in [-0.3, -0.25) is 9.59 Å². The third-order valence-corrected chi connectivity index (χ3v) is 7.89. The molecule has 0 aliphatic rings. The van der Waals surface area contributed by atoms with Gasteiger partial charge >= 0.3 is 5.97 Å². The molecule has 11 nitrogen and oxygen atoms in total. The third-order valence-electron chi connectivity index (χ3n) is 7.89. The van der Waals surface area contributed by atoms with E-state index in [-0.39, 0.29) is 30.2 Å². The Morgan fingerprint density at radius 3 is 2.23 bits per heavy atom. The summed E-state index contributed by atoms with van der Waals surface area (Å²) in [4.78, 5) is 47.1. The molecule has 47 heavy (non-hydrogen) atoms. The van der Waals surface area contributed by atoms with Crippen LogP contribution in [0.25, 0.3) is 11.3 Å². The summed E-state index contributed by atoms with van der Waals surface area (Å²) in [6, 6.07) is 16.4. The first-order valence-corrected chi connectivity index (χ1v) is 15.5. The Kier molecular flexibility index (Phi) is 13.2. The van der Waals surface area contributed by atoms with Crippen molar-refractivity contribution in [2.75, 3.05) is 13.7 Å². The average molecular weight is 644 g/mol. The summed E-state index contributed by atoms with van der Waals surface area (Å²) < 4.78 is 5.20. The Morgan fingerprint density at radius 2 is 1.70 bits per heavy atom. The van der Waals surface area contributed by atoms with Crippen LogP contribution in [0.5, 0.6) is 5.75 Å². The quantitative estimate of drug-likeness (QED) is 0.136. The number of H-pyrrole nitrogens is 1. The molecule has 3 aromatic carbocycles. The topological polar surface area (TPSA) is 185 Å². The predicted molar refractivity (Wildman–Crippen MR) is 181 cm³/mol. The number of aryl methyl sites for hydroxylation is 2. The first-order chi connectivity index (χ1) is 22.4. The van der Waals surface area contributed by atoms with Crippen LogP contribution in [0.2, 0.25) is 0 Å². The van der Waals surface area contributed by atoms with Crippen molar-refractivity contribution in [2.24, 2.45) is 11.5 Å². The number of benzene rings is 3. The van der Waals surface area contributed by atoms with Gasteiger partial charge in [-0.2, -0.15) is 0 Å². The van der Waals surface area contributed by atoms with Gasteiger partial charge in [-0.1, -0.05) is 49.7 Å². The molecule has 0 aliphatic heterocycles. The van der Waals surface area contributed by atoms with Crippen LogP contribution in [0.15, 0.2) is 66.9 Å². The van der Waals surface area contributed by atoms with Crippen molar-refractivity contribution >= 4 is 17.8 Å². The number of aromatic carboxylic acids is 1. The summed E-state index contributed by atoms with van der Waals surface area (Å²) in [5.41, 5.74) is 17.1. The molecule has 0 spiro atoms. The lowest BCUT2D eigenvalue weighted by Gasteiger charge is -2.31.